The minimum Gasteiger partial charge on any atom is -0.322 e. The van der Waals surface area contributed by atoms with Crippen molar-refractivity contribution in [2.75, 3.05) is 5.32 Å². The lowest BCUT2D eigenvalue weighted by atomic mass is 10.2. The van der Waals surface area contributed by atoms with Gasteiger partial charge in [0.2, 0.25) is 10.0 Å². The summed E-state index contributed by atoms with van der Waals surface area (Å²) >= 11 is 5.80. The minimum absolute atomic E-state index is 0.130. The fraction of sp³-hybridized carbons (Fsp3) is 0.235. The zero-order valence-electron chi connectivity index (χ0n) is 13.4. The molecule has 0 aromatic heterocycles. The summed E-state index contributed by atoms with van der Waals surface area (Å²) in [4.78, 5) is 12.3. The van der Waals surface area contributed by atoms with E-state index in [1.54, 1.807) is 31.2 Å². The van der Waals surface area contributed by atoms with Crippen LogP contribution < -0.4 is 10.0 Å². The molecule has 0 saturated carbocycles. The molecule has 0 spiro atoms. The molecule has 0 bridgehead atoms. The Bertz CT molecular complexity index is 803. The van der Waals surface area contributed by atoms with Crippen LogP contribution in [-0.2, 0) is 10.0 Å². The third-order valence-electron chi connectivity index (χ3n) is 3.50. The number of carbonyl (C=O) groups excluding carboxylic acids is 1. The number of rotatable bonds is 6. The summed E-state index contributed by atoms with van der Waals surface area (Å²) in [5, 5.41) is 3.30. The lowest BCUT2D eigenvalue weighted by Gasteiger charge is -2.12. The molecular formula is C17H19ClN2O3S. The second kappa shape index (κ2) is 7.79. The molecule has 2 rings (SSSR count). The highest BCUT2D eigenvalue weighted by atomic mass is 35.5. The second-order valence-corrected chi connectivity index (χ2v) is 7.57. The van der Waals surface area contributed by atoms with E-state index in [2.05, 4.69) is 10.0 Å². The molecule has 0 aliphatic carbocycles. The molecule has 0 unspecified atom stereocenters. The molecule has 128 valence electrons. The first-order chi connectivity index (χ1) is 11.3. The molecule has 0 heterocycles. The Hall–Kier alpha value is -1.89. The monoisotopic (exact) mass is 366 g/mol. The molecule has 0 fully saturated rings. The maximum atomic E-state index is 12.2. The van der Waals surface area contributed by atoms with Gasteiger partial charge in [-0.15, -0.1) is 0 Å². The number of hydrogen-bond donors (Lipinski definition) is 2. The summed E-state index contributed by atoms with van der Waals surface area (Å²) in [5.74, 6) is -0.323. The van der Waals surface area contributed by atoms with Gasteiger partial charge in [0, 0.05) is 22.3 Å². The predicted octanol–water partition coefficient (Wildman–Crippen LogP) is 3.67. The van der Waals surface area contributed by atoms with Crippen LogP contribution in [0.1, 0.15) is 30.6 Å². The zero-order valence-corrected chi connectivity index (χ0v) is 15.0. The SMILES string of the molecule is CC[C@H](C)NS(=O)(=O)c1ccc(C(=O)Nc2ccc(Cl)cc2)cc1. The van der Waals surface area contributed by atoms with Crippen molar-refractivity contribution in [2.45, 2.75) is 31.2 Å². The van der Waals surface area contributed by atoms with E-state index in [0.717, 1.165) is 0 Å². The molecule has 24 heavy (non-hydrogen) atoms. The Kier molecular flexibility index (Phi) is 5.99. The number of benzene rings is 2. The second-order valence-electron chi connectivity index (χ2n) is 5.42. The van der Waals surface area contributed by atoms with Crippen molar-refractivity contribution in [3.63, 3.8) is 0 Å². The van der Waals surface area contributed by atoms with Gasteiger partial charge in [-0.3, -0.25) is 4.79 Å². The molecular weight excluding hydrogens is 348 g/mol. The fourth-order valence-electron chi connectivity index (χ4n) is 1.94. The standard InChI is InChI=1S/C17H19ClN2O3S/c1-3-12(2)20-24(22,23)16-10-4-13(5-11-16)17(21)19-15-8-6-14(18)7-9-15/h4-12,20H,3H2,1-2H3,(H,19,21)/t12-/m0/s1. The van der Waals surface area contributed by atoms with Gasteiger partial charge in [-0.05, 0) is 61.9 Å². The largest absolute Gasteiger partial charge is 0.322 e. The average molecular weight is 367 g/mol. The van der Waals surface area contributed by atoms with Gasteiger partial charge in [0.25, 0.3) is 5.91 Å². The van der Waals surface area contributed by atoms with E-state index in [4.69, 9.17) is 11.6 Å². The number of nitrogens with one attached hydrogen (secondary N) is 2. The minimum atomic E-state index is -3.57. The summed E-state index contributed by atoms with van der Waals surface area (Å²) in [6, 6.07) is 12.4. The Morgan fingerprint density at radius 1 is 1.08 bits per heavy atom. The van der Waals surface area contributed by atoms with Gasteiger partial charge in [0.15, 0.2) is 0 Å². The highest BCUT2D eigenvalue weighted by molar-refractivity contribution is 7.89. The average Bonchev–Trinajstić information content (AvgIpc) is 2.56. The molecule has 2 aromatic rings. The van der Waals surface area contributed by atoms with Gasteiger partial charge in [-0.25, -0.2) is 13.1 Å². The van der Waals surface area contributed by atoms with Crippen molar-refractivity contribution in [2.24, 2.45) is 0 Å². The maximum absolute atomic E-state index is 12.2. The van der Waals surface area contributed by atoms with Crippen LogP contribution in [0.25, 0.3) is 0 Å². The van der Waals surface area contributed by atoms with E-state index in [9.17, 15) is 13.2 Å². The van der Waals surface area contributed by atoms with Crippen LogP contribution in [0.3, 0.4) is 0 Å². The number of halogens is 1. The van der Waals surface area contributed by atoms with Crippen molar-refractivity contribution in [1.29, 1.82) is 0 Å². The third kappa shape index (κ3) is 4.80. The van der Waals surface area contributed by atoms with Crippen LogP contribution in [-0.4, -0.2) is 20.4 Å². The quantitative estimate of drug-likeness (QED) is 0.819. The first kappa shape index (κ1) is 18.4. The molecule has 0 aliphatic heterocycles. The van der Waals surface area contributed by atoms with Gasteiger partial charge in [-0.1, -0.05) is 18.5 Å². The van der Waals surface area contributed by atoms with Crippen LogP contribution in [0.15, 0.2) is 53.4 Å². The normalized spacial score (nSPS) is 12.6. The van der Waals surface area contributed by atoms with E-state index < -0.39 is 10.0 Å². The summed E-state index contributed by atoms with van der Waals surface area (Å²) in [7, 11) is -3.57. The lowest BCUT2D eigenvalue weighted by molar-refractivity contribution is 0.102. The van der Waals surface area contributed by atoms with Crippen LogP contribution in [0.4, 0.5) is 5.69 Å². The Balaban J connectivity index is 2.11. The van der Waals surface area contributed by atoms with Crippen LogP contribution in [0, 0.1) is 0 Å². The van der Waals surface area contributed by atoms with E-state index in [0.29, 0.717) is 22.7 Å². The first-order valence-corrected chi connectivity index (χ1v) is 9.37. The molecule has 0 saturated heterocycles. The van der Waals surface area contributed by atoms with E-state index in [-0.39, 0.29) is 16.8 Å². The first-order valence-electron chi connectivity index (χ1n) is 7.51. The molecule has 2 N–H and O–H groups in total. The van der Waals surface area contributed by atoms with Crippen molar-refractivity contribution < 1.29 is 13.2 Å². The highest BCUT2D eigenvalue weighted by Crippen LogP contribution is 2.16. The zero-order chi connectivity index (χ0) is 17.7. The molecule has 0 radical (unpaired) electrons. The molecule has 7 heteroatoms. The van der Waals surface area contributed by atoms with Crippen molar-refractivity contribution in [3.05, 3.63) is 59.1 Å². The van der Waals surface area contributed by atoms with Crippen molar-refractivity contribution in [3.8, 4) is 0 Å². The van der Waals surface area contributed by atoms with Crippen molar-refractivity contribution in [1.82, 2.24) is 4.72 Å². The molecule has 2 aromatic carbocycles. The van der Waals surface area contributed by atoms with Crippen LogP contribution in [0.5, 0.6) is 0 Å². The predicted molar refractivity (Wildman–Crippen MR) is 95.9 cm³/mol. The van der Waals surface area contributed by atoms with Gasteiger partial charge in [-0.2, -0.15) is 0 Å². The summed E-state index contributed by atoms with van der Waals surface area (Å²) in [5.41, 5.74) is 0.979. The summed E-state index contributed by atoms with van der Waals surface area (Å²) in [6.45, 7) is 3.70. The van der Waals surface area contributed by atoms with E-state index in [1.165, 1.54) is 24.3 Å². The number of anilines is 1. The number of carbonyl (C=O) groups is 1. The fourth-order valence-corrected chi connectivity index (χ4v) is 3.39. The van der Waals surface area contributed by atoms with Gasteiger partial charge >= 0.3 is 0 Å². The number of amides is 1. The van der Waals surface area contributed by atoms with Gasteiger partial charge in [0.1, 0.15) is 0 Å². The lowest BCUT2D eigenvalue weighted by Crippen LogP contribution is -2.32. The number of hydrogen-bond acceptors (Lipinski definition) is 3. The molecule has 1 atom stereocenters. The Morgan fingerprint density at radius 2 is 1.67 bits per heavy atom. The van der Waals surface area contributed by atoms with Crippen molar-refractivity contribution >= 4 is 33.2 Å². The van der Waals surface area contributed by atoms with Crippen LogP contribution >= 0.6 is 11.6 Å². The molecule has 5 nitrogen and oxygen atoms in total. The number of sulfonamides is 1. The summed E-state index contributed by atoms with van der Waals surface area (Å²) < 4.78 is 26.9. The van der Waals surface area contributed by atoms with E-state index in [1.807, 2.05) is 6.92 Å². The third-order valence-corrected chi connectivity index (χ3v) is 5.36. The Morgan fingerprint density at radius 3 is 2.21 bits per heavy atom. The Labute approximate surface area is 147 Å². The topological polar surface area (TPSA) is 75.3 Å². The van der Waals surface area contributed by atoms with Gasteiger partial charge < -0.3 is 5.32 Å². The van der Waals surface area contributed by atoms with Crippen LogP contribution in [0.2, 0.25) is 5.02 Å². The van der Waals surface area contributed by atoms with Gasteiger partial charge in [0.05, 0.1) is 4.90 Å². The molecule has 1 amide bonds. The summed E-state index contributed by atoms with van der Waals surface area (Å²) in [6.07, 6.45) is 0.695. The maximum Gasteiger partial charge on any atom is 0.255 e. The molecule has 0 aliphatic rings. The smallest absolute Gasteiger partial charge is 0.255 e. The highest BCUT2D eigenvalue weighted by Gasteiger charge is 2.17. The van der Waals surface area contributed by atoms with E-state index >= 15 is 0 Å².